The first-order chi connectivity index (χ1) is 24.4. The number of carbonyl (C=O) groups excluding carboxylic acids is 2. The molecule has 0 spiro atoms. The molecular formula is C39H42N4O7S. The molecule has 1 saturated heterocycles. The molecule has 0 aliphatic carbocycles. The van der Waals surface area contributed by atoms with E-state index in [1.807, 2.05) is 57.2 Å². The second-order valence-corrected chi connectivity index (χ2v) is 14.6. The second-order valence-electron chi connectivity index (χ2n) is 13.6. The van der Waals surface area contributed by atoms with Crippen LogP contribution in [0.4, 0.5) is 16.2 Å². The maximum atomic E-state index is 14.2. The van der Waals surface area contributed by atoms with Gasteiger partial charge in [-0.1, -0.05) is 35.6 Å². The van der Waals surface area contributed by atoms with E-state index in [1.54, 1.807) is 55.7 Å². The molecule has 6 rings (SSSR count). The molecule has 12 heteroatoms. The van der Waals surface area contributed by atoms with Crippen molar-refractivity contribution in [3.8, 4) is 23.1 Å². The van der Waals surface area contributed by atoms with Gasteiger partial charge in [-0.3, -0.25) is 24.5 Å². The molecule has 1 fully saturated rings. The zero-order valence-corrected chi connectivity index (χ0v) is 30.0. The number of allylic oxidation sites excluding steroid dienone is 1. The maximum Gasteiger partial charge on any atom is 0.414 e. The lowest BCUT2D eigenvalue weighted by Crippen LogP contribution is -2.36. The van der Waals surface area contributed by atoms with Crippen molar-refractivity contribution in [1.29, 1.82) is 0 Å². The van der Waals surface area contributed by atoms with Gasteiger partial charge in [-0.2, -0.15) is 0 Å². The average molecular weight is 711 g/mol. The van der Waals surface area contributed by atoms with Crippen LogP contribution in [0, 0.1) is 0 Å². The lowest BCUT2D eigenvalue weighted by molar-refractivity contribution is -0.124. The minimum absolute atomic E-state index is 0.130. The van der Waals surface area contributed by atoms with E-state index in [4.69, 9.17) is 14.2 Å². The first-order valence-electron chi connectivity index (χ1n) is 16.9. The van der Waals surface area contributed by atoms with Crippen molar-refractivity contribution in [2.75, 3.05) is 36.5 Å². The predicted molar refractivity (Wildman–Crippen MR) is 199 cm³/mol. The highest BCUT2D eigenvalue weighted by Gasteiger charge is 2.42. The monoisotopic (exact) mass is 710 g/mol. The molecule has 0 saturated carbocycles. The van der Waals surface area contributed by atoms with Gasteiger partial charge in [-0.15, -0.1) is 0 Å². The number of aromatic amines is 1. The van der Waals surface area contributed by atoms with E-state index in [2.05, 4.69) is 14.9 Å². The van der Waals surface area contributed by atoms with Gasteiger partial charge in [0.1, 0.15) is 23.7 Å². The molecule has 1 amide bonds. The van der Waals surface area contributed by atoms with Crippen molar-refractivity contribution in [3.05, 3.63) is 105 Å². The van der Waals surface area contributed by atoms with Crippen LogP contribution in [-0.4, -0.2) is 60.5 Å². The standard InChI is InChI=1S/C39H42N4O7S/c1-38(2,3)50-37(47)42(4)27-15-18-29(32(24-27)49-31-12-7-6-11-30(31)43-21-8-5-9-22-43)39(19-10-20-40-39)34(44)25-48-28-16-13-26(14-17-28)23-33-35(45)41-36(46)51-33/h6-7,10-20,24,45H,5,8-9,21-23,25H2,1-4H3,(H,41,46). The van der Waals surface area contributed by atoms with Gasteiger partial charge in [0.15, 0.2) is 11.3 Å². The summed E-state index contributed by atoms with van der Waals surface area (Å²) in [6, 6.07) is 20.2. The van der Waals surface area contributed by atoms with E-state index >= 15 is 0 Å². The van der Waals surface area contributed by atoms with Crippen LogP contribution in [0.15, 0.2) is 88.7 Å². The fourth-order valence-corrected chi connectivity index (χ4v) is 6.85. The molecule has 11 nitrogen and oxygen atoms in total. The van der Waals surface area contributed by atoms with Crippen molar-refractivity contribution in [1.82, 2.24) is 4.98 Å². The van der Waals surface area contributed by atoms with Crippen LogP contribution < -0.4 is 24.1 Å². The number of H-pyrrole nitrogens is 1. The van der Waals surface area contributed by atoms with Crippen LogP contribution in [0.5, 0.6) is 23.1 Å². The Labute approximate surface area is 300 Å². The van der Waals surface area contributed by atoms with Crippen LogP contribution in [0.2, 0.25) is 0 Å². The lowest BCUT2D eigenvalue weighted by atomic mass is 9.86. The first kappa shape index (κ1) is 35.5. The predicted octanol–water partition coefficient (Wildman–Crippen LogP) is 7.37. The van der Waals surface area contributed by atoms with E-state index in [9.17, 15) is 19.5 Å². The number of piperidine rings is 1. The zero-order chi connectivity index (χ0) is 36.2. The molecule has 3 aromatic carbocycles. The summed E-state index contributed by atoms with van der Waals surface area (Å²) in [5.41, 5.74) is 0.697. The number of hydrogen-bond acceptors (Lipinski definition) is 10. The third kappa shape index (κ3) is 8.18. The number of hydrogen-bond donors (Lipinski definition) is 2. The summed E-state index contributed by atoms with van der Waals surface area (Å²) >= 11 is 0.959. The van der Waals surface area contributed by atoms with Crippen molar-refractivity contribution in [2.45, 2.75) is 57.6 Å². The van der Waals surface area contributed by atoms with Crippen LogP contribution in [0.3, 0.4) is 0 Å². The molecule has 51 heavy (non-hydrogen) atoms. The van der Waals surface area contributed by atoms with E-state index in [0.29, 0.717) is 39.8 Å². The van der Waals surface area contributed by atoms with Gasteiger partial charge in [-0.25, -0.2) is 4.79 Å². The third-order valence-corrected chi connectivity index (χ3v) is 9.57. The SMILES string of the molecule is CN(C(=O)OC(C)(C)C)c1ccc(C2(C(=O)COc3ccc(Cc4sc(=O)[nH]c4O)cc3)C=CC=N2)c(Oc2ccccc2N2CCCCC2)c1. The topological polar surface area (TPSA) is 134 Å². The molecule has 266 valence electrons. The summed E-state index contributed by atoms with van der Waals surface area (Å²) in [6.45, 7) is 6.97. The Balaban J connectivity index is 1.29. The van der Waals surface area contributed by atoms with Gasteiger partial charge in [0, 0.05) is 44.4 Å². The Morgan fingerprint density at radius 3 is 2.43 bits per heavy atom. The Morgan fingerprint density at radius 2 is 1.76 bits per heavy atom. The number of aromatic nitrogens is 1. The van der Waals surface area contributed by atoms with Gasteiger partial charge in [-0.05, 0) is 94.1 Å². The highest BCUT2D eigenvalue weighted by atomic mass is 32.1. The highest BCUT2D eigenvalue weighted by Crippen LogP contribution is 2.43. The number of para-hydroxylation sites is 2. The minimum Gasteiger partial charge on any atom is -0.494 e. The Morgan fingerprint density at radius 1 is 1.02 bits per heavy atom. The highest BCUT2D eigenvalue weighted by molar-refractivity contribution is 7.09. The number of Topliss-reactive ketones (excluding diaryl/α,β-unsaturated/α-hetero) is 1. The van der Waals surface area contributed by atoms with Crippen LogP contribution in [0.1, 0.15) is 56.0 Å². The smallest absolute Gasteiger partial charge is 0.414 e. The van der Waals surface area contributed by atoms with Gasteiger partial charge < -0.3 is 24.2 Å². The number of ketones is 1. The quantitative estimate of drug-likeness (QED) is 0.165. The van der Waals surface area contributed by atoms with Gasteiger partial charge in [0.2, 0.25) is 11.7 Å². The van der Waals surface area contributed by atoms with Crippen molar-refractivity contribution < 1.29 is 28.9 Å². The Kier molecular flexibility index (Phi) is 10.3. The fourth-order valence-electron chi connectivity index (χ4n) is 6.09. The molecule has 3 heterocycles. The number of thiazole rings is 1. The third-order valence-electron chi connectivity index (χ3n) is 8.70. The number of amides is 1. The zero-order valence-electron chi connectivity index (χ0n) is 29.2. The van der Waals surface area contributed by atoms with Crippen LogP contribution in [-0.2, 0) is 21.5 Å². The van der Waals surface area contributed by atoms with Crippen LogP contribution >= 0.6 is 11.3 Å². The molecular weight excluding hydrogens is 669 g/mol. The molecule has 1 atom stereocenters. The van der Waals surface area contributed by atoms with Crippen LogP contribution in [0.25, 0.3) is 0 Å². The number of benzene rings is 3. The fraction of sp³-hybridized carbons (Fsp3) is 0.333. The summed E-state index contributed by atoms with van der Waals surface area (Å²) in [6.07, 6.45) is 8.26. The number of carbonyl (C=O) groups is 2. The minimum atomic E-state index is -1.44. The molecule has 1 aromatic heterocycles. The Hall–Kier alpha value is -5.36. The summed E-state index contributed by atoms with van der Waals surface area (Å²) in [5.74, 6) is 1.02. The normalized spacial score (nSPS) is 17.0. The number of nitrogens with zero attached hydrogens (tertiary/aromatic N) is 3. The second kappa shape index (κ2) is 14.9. The molecule has 2 aliphatic heterocycles. The number of rotatable bonds is 11. The first-order valence-corrected chi connectivity index (χ1v) is 17.8. The number of aromatic hydroxyl groups is 1. The largest absolute Gasteiger partial charge is 0.494 e. The van der Waals surface area contributed by atoms with Crippen molar-refractivity contribution in [2.24, 2.45) is 4.99 Å². The van der Waals surface area contributed by atoms with Crippen molar-refractivity contribution in [3.63, 3.8) is 0 Å². The Bertz CT molecular complexity index is 1990. The molecule has 2 N–H and O–H groups in total. The summed E-state index contributed by atoms with van der Waals surface area (Å²) in [7, 11) is 1.63. The number of nitrogens with one attached hydrogen (secondary N) is 1. The summed E-state index contributed by atoms with van der Waals surface area (Å²) < 4.78 is 18.3. The van der Waals surface area contributed by atoms with E-state index in [1.165, 1.54) is 11.3 Å². The van der Waals surface area contributed by atoms with Gasteiger partial charge in [0.25, 0.3) is 0 Å². The maximum absolute atomic E-state index is 14.2. The molecule has 4 aromatic rings. The molecule has 1 unspecified atom stereocenters. The number of anilines is 2. The average Bonchev–Trinajstić information content (AvgIpc) is 3.73. The number of ether oxygens (including phenoxy) is 3. The lowest BCUT2D eigenvalue weighted by Gasteiger charge is -2.31. The van der Waals surface area contributed by atoms with Crippen molar-refractivity contribution >= 4 is 40.8 Å². The summed E-state index contributed by atoms with van der Waals surface area (Å²) in [5, 5.41) is 9.94. The van der Waals surface area contributed by atoms with Gasteiger partial charge in [0.05, 0.1) is 16.3 Å². The summed E-state index contributed by atoms with van der Waals surface area (Å²) in [4.78, 5) is 49.8. The molecule has 0 radical (unpaired) electrons. The van der Waals surface area contributed by atoms with E-state index in [-0.39, 0.29) is 23.1 Å². The number of aliphatic imine (C=N–C) groups is 1. The molecule has 2 aliphatic rings. The van der Waals surface area contributed by atoms with Gasteiger partial charge >= 0.3 is 11.0 Å². The molecule has 0 bridgehead atoms. The van der Waals surface area contributed by atoms with E-state index < -0.39 is 17.2 Å². The van der Waals surface area contributed by atoms with E-state index in [0.717, 1.165) is 48.5 Å².